The highest BCUT2D eigenvalue weighted by Gasteiger charge is 2.33. The molecule has 0 bridgehead atoms. The first kappa shape index (κ1) is 70.9. The van der Waals surface area contributed by atoms with Gasteiger partial charge in [0.15, 0.2) is 0 Å². The van der Waals surface area contributed by atoms with Crippen LogP contribution in [0.5, 0.6) is 0 Å². The summed E-state index contributed by atoms with van der Waals surface area (Å²) in [6.45, 7) is 19.2. The van der Waals surface area contributed by atoms with Gasteiger partial charge in [-0.3, -0.25) is 24.0 Å². The van der Waals surface area contributed by atoms with E-state index in [0.29, 0.717) is 51.6 Å². The fraction of sp³-hybridized carbons (Fsp3) is 0.688. The molecular formula is C64H103N7O12. The van der Waals surface area contributed by atoms with Crippen molar-refractivity contribution in [3.8, 4) is 11.1 Å². The number of unbranched alkanes of at least 4 members (excludes halogenated alkanes) is 13. The molecular weight excluding hydrogens is 1060 g/mol. The zero-order chi connectivity index (χ0) is 61.3. The lowest BCUT2D eigenvalue weighted by Gasteiger charge is -2.26. The van der Waals surface area contributed by atoms with E-state index >= 15 is 0 Å². The van der Waals surface area contributed by atoms with E-state index in [4.69, 9.17) is 18.9 Å². The molecule has 19 nitrogen and oxygen atoms in total. The molecule has 19 heteroatoms. The summed E-state index contributed by atoms with van der Waals surface area (Å²) in [6.07, 6.45) is 13.6. The minimum Gasteiger partial charge on any atom is -0.460 e. The Morgan fingerprint density at radius 2 is 0.831 bits per heavy atom. The largest absolute Gasteiger partial charge is 0.460 e. The van der Waals surface area contributed by atoms with Crippen molar-refractivity contribution in [1.82, 2.24) is 37.2 Å². The summed E-state index contributed by atoms with van der Waals surface area (Å²) >= 11 is 0. The van der Waals surface area contributed by atoms with Gasteiger partial charge in [-0.15, -0.1) is 0 Å². The molecule has 2 aromatic rings. The molecule has 3 rings (SSSR count). The lowest BCUT2D eigenvalue weighted by molar-refractivity contribution is -0.155. The van der Waals surface area contributed by atoms with E-state index in [1.54, 1.807) is 62.3 Å². The van der Waals surface area contributed by atoms with Crippen LogP contribution in [0.4, 0.5) is 14.4 Å². The summed E-state index contributed by atoms with van der Waals surface area (Å²) in [5.74, 6) is -2.66. The lowest BCUT2D eigenvalue weighted by atomic mass is 9.98. The van der Waals surface area contributed by atoms with Gasteiger partial charge in [0.25, 0.3) is 0 Å². The summed E-state index contributed by atoms with van der Waals surface area (Å²) in [5.41, 5.74) is 1.91. The molecule has 0 saturated carbocycles. The number of ether oxygens (including phenoxy) is 4. The molecule has 0 heterocycles. The van der Waals surface area contributed by atoms with Gasteiger partial charge in [0.05, 0.1) is 0 Å². The summed E-state index contributed by atoms with van der Waals surface area (Å²) in [7, 11) is 0. The van der Waals surface area contributed by atoms with E-state index < -0.39 is 76.9 Å². The van der Waals surface area contributed by atoms with Crippen LogP contribution in [0.2, 0.25) is 0 Å². The van der Waals surface area contributed by atoms with Crippen molar-refractivity contribution in [3.63, 3.8) is 0 Å². The maximum absolute atomic E-state index is 14.5. The van der Waals surface area contributed by atoms with Gasteiger partial charge in [0.2, 0.25) is 23.6 Å². The summed E-state index contributed by atoms with van der Waals surface area (Å²) in [5, 5.41) is 19.7. The highest BCUT2D eigenvalue weighted by molar-refractivity contribution is 5.94. The maximum atomic E-state index is 14.5. The van der Waals surface area contributed by atoms with E-state index in [0.717, 1.165) is 60.8 Å². The number of carbonyl (C=O) groups is 8. The van der Waals surface area contributed by atoms with E-state index in [-0.39, 0.29) is 57.2 Å². The van der Waals surface area contributed by atoms with E-state index in [1.165, 1.54) is 38.5 Å². The first-order chi connectivity index (χ1) is 39.4. The first-order valence-electron chi connectivity index (χ1n) is 30.8. The van der Waals surface area contributed by atoms with Gasteiger partial charge >= 0.3 is 24.2 Å². The molecule has 7 N–H and O–H groups in total. The number of amides is 7. The van der Waals surface area contributed by atoms with Crippen molar-refractivity contribution in [3.05, 3.63) is 59.7 Å². The van der Waals surface area contributed by atoms with E-state index in [2.05, 4.69) is 44.1 Å². The van der Waals surface area contributed by atoms with Crippen LogP contribution in [-0.2, 0) is 42.9 Å². The Morgan fingerprint density at radius 1 is 0.422 bits per heavy atom. The molecule has 3 unspecified atom stereocenters. The van der Waals surface area contributed by atoms with Crippen molar-refractivity contribution in [2.24, 2.45) is 0 Å². The molecule has 0 fully saturated rings. The van der Waals surface area contributed by atoms with Crippen molar-refractivity contribution in [2.75, 3.05) is 32.8 Å². The van der Waals surface area contributed by atoms with Crippen LogP contribution in [-0.4, -0.2) is 116 Å². The Balaban J connectivity index is 1.73. The third kappa shape index (κ3) is 31.2. The Kier molecular flexibility index (Phi) is 32.2. The topological polar surface area (TPSA) is 258 Å². The fourth-order valence-corrected chi connectivity index (χ4v) is 9.60. The normalized spacial score (nSPS) is 13.2. The lowest BCUT2D eigenvalue weighted by Crippen LogP contribution is -2.57. The van der Waals surface area contributed by atoms with Crippen LogP contribution in [0.1, 0.15) is 228 Å². The zero-order valence-electron chi connectivity index (χ0n) is 51.9. The minimum atomic E-state index is -1.24. The molecule has 466 valence electrons. The van der Waals surface area contributed by atoms with Crippen molar-refractivity contribution in [2.45, 2.75) is 251 Å². The van der Waals surface area contributed by atoms with Crippen LogP contribution in [0, 0.1) is 0 Å². The SMILES string of the molecule is CCCCCCCCCCCC(=O)NCCCCCCNC(=O)C(CCC(=O)OC(C)(C)C)NC(=O)C(CCCCNC(=O)OC(C)(C)C)NC(=O)C(CCCCNC(=O)OC(C)(C)C)NC(=O)OCC1c2ccccc2-c2ccccc21. The second-order valence-electron chi connectivity index (χ2n) is 24.8. The maximum Gasteiger partial charge on any atom is 0.407 e. The predicted octanol–water partition coefficient (Wildman–Crippen LogP) is 11.1. The van der Waals surface area contributed by atoms with Crippen LogP contribution in [0.3, 0.4) is 0 Å². The molecule has 1 aliphatic rings. The highest BCUT2D eigenvalue weighted by atomic mass is 16.6. The van der Waals surface area contributed by atoms with Gasteiger partial charge in [0.1, 0.15) is 41.5 Å². The minimum absolute atomic E-state index is 0.0116. The molecule has 0 saturated heterocycles. The number of carbonyl (C=O) groups excluding carboxylic acids is 8. The van der Waals surface area contributed by atoms with Crippen LogP contribution in [0.25, 0.3) is 11.1 Å². The van der Waals surface area contributed by atoms with E-state index in [9.17, 15) is 38.4 Å². The number of nitrogens with one attached hydrogen (secondary N) is 7. The van der Waals surface area contributed by atoms with Crippen LogP contribution < -0.4 is 37.2 Å². The molecule has 0 radical (unpaired) electrons. The molecule has 1 aliphatic carbocycles. The number of alkyl carbamates (subject to hydrolysis) is 3. The van der Waals surface area contributed by atoms with Crippen LogP contribution >= 0.6 is 0 Å². The third-order valence-corrected chi connectivity index (χ3v) is 13.7. The standard InChI is InChI=1S/C64H103N7O12/c1-11-12-13-14-15-16-17-18-21-38-54(72)65-41-28-19-20-29-42-66-56(74)53(39-40-55(73)81-62(2,3)4)70-57(75)51(36-26-30-43-67-59(77)82-63(5,6)7)69-58(76)52(37-27-31-44-68-60(78)83-64(8,9)10)71-61(79)80-45-50-48-34-24-22-32-46(48)47-33-23-25-35-49(47)50/h22-25,32-35,50-53H,11-21,26-31,36-45H2,1-10H3,(H,65,72)(H,66,74)(H,67,77)(H,68,78)(H,69,76)(H,70,75)(H,71,79). The number of fused-ring (bicyclic) bond motifs is 3. The number of hydrogen-bond acceptors (Lipinski definition) is 12. The third-order valence-electron chi connectivity index (χ3n) is 13.7. The average Bonchev–Trinajstić information content (AvgIpc) is 3.87. The molecule has 0 aliphatic heterocycles. The highest BCUT2D eigenvalue weighted by Crippen LogP contribution is 2.44. The zero-order valence-corrected chi connectivity index (χ0v) is 51.9. The van der Waals surface area contributed by atoms with Gasteiger partial charge in [-0.25, -0.2) is 14.4 Å². The molecule has 83 heavy (non-hydrogen) atoms. The molecule has 2 aromatic carbocycles. The average molecular weight is 1160 g/mol. The second-order valence-corrected chi connectivity index (χ2v) is 24.8. The van der Waals surface area contributed by atoms with Crippen molar-refractivity contribution >= 4 is 47.9 Å². The Morgan fingerprint density at radius 3 is 1.33 bits per heavy atom. The Hall–Kier alpha value is -6.40. The summed E-state index contributed by atoms with van der Waals surface area (Å²) in [4.78, 5) is 107. The number of benzene rings is 2. The van der Waals surface area contributed by atoms with Gasteiger partial charge in [-0.05, 0) is 149 Å². The molecule has 7 amide bonds. The first-order valence-corrected chi connectivity index (χ1v) is 30.8. The molecule has 0 aromatic heterocycles. The van der Waals surface area contributed by atoms with Crippen molar-refractivity contribution in [1.29, 1.82) is 0 Å². The number of esters is 1. The quantitative estimate of drug-likeness (QED) is 0.0188. The summed E-state index contributed by atoms with van der Waals surface area (Å²) < 4.78 is 22.1. The number of rotatable bonds is 38. The van der Waals surface area contributed by atoms with Gasteiger partial charge in [0, 0.05) is 44.9 Å². The summed E-state index contributed by atoms with van der Waals surface area (Å²) in [6, 6.07) is 12.2. The fourth-order valence-electron chi connectivity index (χ4n) is 9.60. The molecule has 3 atom stereocenters. The number of hydrogen-bond donors (Lipinski definition) is 7. The monoisotopic (exact) mass is 1160 g/mol. The van der Waals surface area contributed by atoms with Crippen LogP contribution in [0.15, 0.2) is 48.5 Å². The van der Waals surface area contributed by atoms with Crippen molar-refractivity contribution < 1.29 is 57.3 Å². The Bertz CT molecular complexity index is 2280. The van der Waals surface area contributed by atoms with Gasteiger partial charge in [-0.1, -0.05) is 120 Å². The van der Waals surface area contributed by atoms with E-state index in [1.807, 2.05) is 48.5 Å². The Labute approximate surface area is 495 Å². The van der Waals surface area contributed by atoms with Gasteiger partial charge < -0.3 is 56.2 Å². The van der Waals surface area contributed by atoms with Gasteiger partial charge in [-0.2, -0.15) is 0 Å². The second kappa shape index (κ2) is 37.7. The predicted molar refractivity (Wildman–Crippen MR) is 323 cm³/mol. The molecule has 0 spiro atoms. The smallest absolute Gasteiger partial charge is 0.407 e.